The van der Waals surface area contributed by atoms with Crippen LogP contribution in [0.4, 0.5) is 4.39 Å². The SMILES string of the molecule is C[C@]12CC[C@H]3[C@@H](CC=C4C[C@H](O)CC(F)[C@@]43C)[C@@H]1CC[C@@H]2O. The molecular weight excluding hydrogens is 279 g/mol. The zero-order valence-electron chi connectivity index (χ0n) is 13.8. The number of alkyl halides is 1. The van der Waals surface area contributed by atoms with Crippen LogP contribution >= 0.6 is 0 Å². The van der Waals surface area contributed by atoms with Crippen LogP contribution < -0.4 is 0 Å². The molecule has 0 aliphatic heterocycles. The standard InChI is InChI=1S/C19H29FO2/c1-18-8-7-15-13(14(18)5-6-17(18)22)4-3-11-9-12(21)10-16(20)19(11,15)2/h3,12-17,21-22H,4-10H2,1-2H3/t12-,13-,14-,15-,16?,17-,18-,19-/m0/s1. The fourth-order valence-electron chi connectivity index (χ4n) is 6.63. The van der Waals surface area contributed by atoms with Crippen molar-refractivity contribution in [2.45, 2.75) is 77.2 Å². The van der Waals surface area contributed by atoms with Crippen LogP contribution in [0.5, 0.6) is 0 Å². The number of aliphatic hydroxyl groups excluding tert-OH is 2. The van der Waals surface area contributed by atoms with E-state index in [1.807, 2.05) is 0 Å². The summed E-state index contributed by atoms with van der Waals surface area (Å²) in [5, 5.41) is 20.4. The maximum atomic E-state index is 15.0. The van der Waals surface area contributed by atoms with Crippen LogP contribution in [0.15, 0.2) is 11.6 Å². The molecule has 8 atom stereocenters. The Bertz CT molecular complexity index is 504. The normalized spacial score (nSPS) is 57.6. The van der Waals surface area contributed by atoms with Crippen molar-refractivity contribution < 1.29 is 14.6 Å². The quantitative estimate of drug-likeness (QED) is 0.671. The van der Waals surface area contributed by atoms with Crippen LogP contribution in [-0.2, 0) is 0 Å². The predicted octanol–water partition coefficient (Wildman–Crippen LogP) is 3.62. The van der Waals surface area contributed by atoms with Gasteiger partial charge < -0.3 is 10.2 Å². The topological polar surface area (TPSA) is 40.5 Å². The monoisotopic (exact) mass is 308 g/mol. The van der Waals surface area contributed by atoms with Crippen molar-refractivity contribution in [1.82, 2.24) is 0 Å². The van der Waals surface area contributed by atoms with Crippen LogP contribution in [0.3, 0.4) is 0 Å². The average molecular weight is 308 g/mol. The first-order chi connectivity index (χ1) is 10.4. The largest absolute Gasteiger partial charge is 0.393 e. The molecule has 3 heteroatoms. The van der Waals surface area contributed by atoms with E-state index in [9.17, 15) is 14.6 Å². The van der Waals surface area contributed by atoms with Gasteiger partial charge in [0.25, 0.3) is 0 Å². The lowest BCUT2D eigenvalue weighted by molar-refractivity contribution is -0.0937. The van der Waals surface area contributed by atoms with Gasteiger partial charge in [0.15, 0.2) is 0 Å². The van der Waals surface area contributed by atoms with E-state index in [0.29, 0.717) is 30.6 Å². The highest BCUT2D eigenvalue weighted by Gasteiger charge is 2.60. The highest BCUT2D eigenvalue weighted by molar-refractivity contribution is 5.27. The molecule has 22 heavy (non-hydrogen) atoms. The third-order valence-electron chi connectivity index (χ3n) is 8.07. The number of hydrogen-bond acceptors (Lipinski definition) is 2. The van der Waals surface area contributed by atoms with Gasteiger partial charge in [-0.1, -0.05) is 25.5 Å². The minimum absolute atomic E-state index is 0.0445. The third kappa shape index (κ3) is 1.78. The Morgan fingerprint density at radius 1 is 1.14 bits per heavy atom. The third-order valence-corrected chi connectivity index (χ3v) is 8.07. The van der Waals surface area contributed by atoms with Crippen molar-refractivity contribution in [3.05, 3.63) is 11.6 Å². The van der Waals surface area contributed by atoms with Gasteiger partial charge in [-0.25, -0.2) is 4.39 Å². The maximum Gasteiger partial charge on any atom is 0.112 e. The Labute approximate surface area is 132 Å². The Balaban J connectivity index is 1.71. The van der Waals surface area contributed by atoms with E-state index in [-0.39, 0.29) is 16.9 Å². The van der Waals surface area contributed by atoms with Crippen LogP contribution in [-0.4, -0.2) is 28.6 Å². The molecule has 0 radical (unpaired) electrons. The maximum absolute atomic E-state index is 15.0. The first-order valence-corrected chi connectivity index (χ1v) is 9.07. The second-order valence-electron chi connectivity index (χ2n) is 8.82. The Kier molecular flexibility index (Phi) is 3.30. The summed E-state index contributed by atoms with van der Waals surface area (Å²) in [5.74, 6) is 1.44. The summed E-state index contributed by atoms with van der Waals surface area (Å²) in [6.45, 7) is 4.37. The van der Waals surface area contributed by atoms with Gasteiger partial charge in [-0.2, -0.15) is 0 Å². The molecule has 0 aromatic carbocycles. The van der Waals surface area contributed by atoms with Crippen molar-refractivity contribution in [3.63, 3.8) is 0 Å². The first kappa shape index (κ1) is 15.1. The van der Waals surface area contributed by atoms with E-state index in [2.05, 4.69) is 19.9 Å². The van der Waals surface area contributed by atoms with Gasteiger partial charge in [-0.15, -0.1) is 0 Å². The number of allylic oxidation sites excluding steroid dienone is 1. The lowest BCUT2D eigenvalue weighted by Gasteiger charge is -2.58. The number of hydrogen-bond donors (Lipinski definition) is 2. The summed E-state index contributed by atoms with van der Waals surface area (Å²) in [6.07, 6.45) is 6.66. The van der Waals surface area contributed by atoms with E-state index in [1.165, 1.54) is 5.57 Å². The second-order valence-corrected chi connectivity index (χ2v) is 8.82. The number of fused-ring (bicyclic) bond motifs is 5. The van der Waals surface area contributed by atoms with Crippen LogP contribution in [0, 0.1) is 28.6 Å². The van der Waals surface area contributed by atoms with Crippen molar-refractivity contribution >= 4 is 0 Å². The summed E-state index contributed by atoms with van der Waals surface area (Å²) >= 11 is 0. The molecule has 0 heterocycles. The molecule has 3 saturated carbocycles. The highest BCUT2D eigenvalue weighted by atomic mass is 19.1. The van der Waals surface area contributed by atoms with Crippen LogP contribution in [0.25, 0.3) is 0 Å². The van der Waals surface area contributed by atoms with E-state index in [0.717, 1.165) is 32.1 Å². The van der Waals surface area contributed by atoms with E-state index in [4.69, 9.17) is 0 Å². The molecule has 0 aromatic heterocycles. The Morgan fingerprint density at radius 3 is 2.68 bits per heavy atom. The molecule has 4 rings (SSSR count). The summed E-state index contributed by atoms with van der Waals surface area (Å²) < 4.78 is 15.0. The molecule has 0 amide bonds. The van der Waals surface area contributed by atoms with E-state index < -0.39 is 12.3 Å². The smallest absolute Gasteiger partial charge is 0.112 e. The Morgan fingerprint density at radius 2 is 1.91 bits per heavy atom. The zero-order chi connectivity index (χ0) is 15.7. The number of aliphatic hydroxyl groups is 2. The first-order valence-electron chi connectivity index (χ1n) is 9.07. The highest BCUT2D eigenvalue weighted by Crippen LogP contribution is 2.65. The molecule has 3 fully saturated rings. The van der Waals surface area contributed by atoms with Crippen molar-refractivity contribution in [3.8, 4) is 0 Å². The number of rotatable bonds is 0. The minimum Gasteiger partial charge on any atom is -0.393 e. The zero-order valence-corrected chi connectivity index (χ0v) is 13.8. The van der Waals surface area contributed by atoms with Crippen molar-refractivity contribution in [2.24, 2.45) is 28.6 Å². The van der Waals surface area contributed by atoms with E-state index >= 15 is 0 Å². The molecular formula is C19H29FO2. The van der Waals surface area contributed by atoms with Gasteiger partial charge in [0, 0.05) is 11.8 Å². The second kappa shape index (κ2) is 4.80. The molecule has 0 bridgehead atoms. The fraction of sp³-hybridized carbons (Fsp3) is 0.895. The molecule has 4 aliphatic rings. The lowest BCUT2D eigenvalue weighted by atomic mass is 9.47. The number of halogens is 1. The summed E-state index contributed by atoms with van der Waals surface area (Å²) in [4.78, 5) is 0. The molecule has 124 valence electrons. The summed E-state index contributed by atoms with van der Waals surface area (Å²) in [6, 6.07) is 0. The van der Waals surface area contributed by atoms with Crippen LogP contribution in [0.2, 0.25) is 0 Å². The van der Waals surface area contributed by atoms with Gasteiger partial charge in [-0.05, 0) is 61.7 Å². The van der Waals surface area contributed by atoms with E-state index in [1.54, 1.807) is 0 Å². The predicted molar refractivity (Wildman–Crippen MR) is 84.0 cm³/mol. The van der Waals surface area contributed by atoms with Gasteiger partial charge in [-0.3, -0.25) is 0 Å². The molecule has 2 nitrogen and oxygen atoms in total. The molecule has 2 N–H and O–H groups in total. The fourth-order valence-corrected chi connectivity index (χ4v) is 6.63. The van der Waals surface area contributed by atoms with Crippen LogP contribution in [0.1, 0.15) is 58.8 Å². The molecule has 0 aromatic rings. The average Bonchev–Trinajstić information content (AvgIpc) is 2.77. The minimum atomic E-state index is -0.925. The van der Waals surface area contributed by atoms with Gasteiger partial charge in [0.1, 0.15) is 6.17 Å². The lowest BCUT2D eigenvalue weighted by Crippen LogP contribution is -2.54. The van der Waals surface area contributed by atoms with Crippen molar-refractivity contribution in [1.29, 1.82) is 0 Å². The summed E-state index contributed by atoms with van der Waals surface area (Å²) in [7, 11) is 0. The Hall–Kier alpha value is -0.410. The van der Waals surface area contributed by atoms with Crippen molar-refractivity contribution in [2.75, 3.05) is 0 Å². The summed E-state index contributed by atoms with van der Waals surface area (Å²) in [5.41, 5.74) is 0.835. The molecule has 1 unspecified atom stereocenters. The molecule has 0 saturated heterocycles. The van der Waals surface area contributed by atoms with Gasteiger partial charge >= 0.3 is 0 Å². The van der Waals surface area contributed by atoms with Gasteiger partial charge in [0.05, 0.1) is 12.2 Å². The van der Waals surface area contributed by atoms with Gasteiger partial charge in [0.2, 0.25) is 0 Å². The molecule has 4 aliphatic carbocycles. The molecule has 0 spiro atoms.